The minimum Gasteiger partial charge on any atom is -0.317 e. The molecule has 0 aromatic carbocycles. The first-order valence-electron chi connectivity index (χ1n) is 6.38. The zero-order chi connectivity index (χ0) is 13.4. The third kappa shape index (κ3) is 5.21. The van der Waals surface area contributed by atoms with Gasteiger partial charge in [0.25, 0.3) is 0 Å². The molecule has 0 aliphatic carbocycles. The Morgan fingerprint density at radius 3 is 2.94 bits per heavy atom. The Morgan fingerprint density at radius 1 is 1.50 bits per heavy atom. The summed E-state index contributed by atoms with van der Waals surface area (Å²) in [6.07, 6.45) is 6.91. The lowest BCUT2D eigenvalue weighted by Gasteiger charge is -2.10. The summed E-state index contributed by atoms with van der Waals surface area (Å²) in [5, 5.41) is 8.29. The predicted octanol–water partition coefficient (Wildman–Crippen LogP) is 2.11. The summed E-state index contributed by atoms with van der Waals surface area (Å²) in [7, 11) is 4.11. The van der Waals surface area contributed by atoms with Gasteiger partial charge in [0.2, 0.25) is 0 Å². The smallest absolute Gasteiger partial charge is 0.0859 e. The van der Waals surface area contributed by atoms with E-state index in [4.69, 9.17) is 11.6 Å². The molecule has 0 amide bonds. The van der Waals surface area contributed by atoms with Crippen LogP contribution in [0.15, 0.2) is 12.3 Å². The van der Waals surface area contributed by atoms with E-state index in [1.807, 2.05) is 4.68 Å². The van der Waals surface area contributed by atoms with Crippen molar-refractivity contribution in [1.82, 2.24) is 20.0 Å². The lowest BCUT2D eigenvalue weighted by atomic mass is 10.3. The van der Waals surface area contributed by atoms with Crippen LogP contribution in [0.1, 0.15) is 19.0 Å². The fourth-order valence-electron chi connectivity index (χ4n) is 1.57. The molecule has 0 bridgehead atoms. The van der Waals surface area contributed by atoms with Gasteiger partial charge >= 0.3 is 0 Å². The molecule has 1 heterocycles. The SMILES string of the molecule is CCNCC/C=C/c1c(Cl)cnn1CCN(C)C. The van der Waals surface area contributed by atoms with E-state index in [9.17, 15) is 0 Å². The molecule has 0 radical (unpaired) electrons. The Balaban J connectivity index is 2.54. The Bertz CT molecular complexity index is 371. The van der Waals surface area contributed by atoms with Crippen molar-refractivity contribution in [3.8, 4) is 0 Å². The van der Waals surface area contributed by atoms with Crippen molar-refractivity contribution in [1.29, 1.82) is 0 Å². The first kappa shape index (κ1) is 15.2. The molecule has 0 atom stereocenters. The minimum absolute atomic E-state index is 0.716. The molecule has 1 N–H and O–H groups in total. The summed E-state index contributed by atoms with van der Waals surface area (Å²) in [5.41, 5.74) is 0.995. The number of aromatic nitrogens is 2. The van der Waals surface area contributed by atoms with Gasteiger partial charge in [0, 0.05) is 6.54 Å². The van der Waals surface area contributed by atoms with Crippen LogP contribution in [0.4, 0.5) is 0 Å². The van der Waals surface area contributed by atoms with E-state index in [0.717, 1.165) is 38.3 Å². The van der Waals surface area contributed by atoms with Crippen molar-refractivity contribution >= 4 is 17.7 Å². The second kappa shape index (κ2) is 8.29. The zero-order valence-corrected chi connectivity index (χ0v) is 12.2. The molecule has 1 aromatic heterocycles. The van der Waals surface area contributed by atoms with Gasteiger partial charge in [-0.2, -0.15) is 5.10 Å². The average Bonchev–Trinajstić information content (AvgIpc) is 2.68. The number of halogens is 1. The highest BCUT2D eigenvalue weighted by Crippen LogP contribution is 2.16. The van der Waals surface area contributed by atoms with Crippen LogP contribution in [0.25, 0.3) is 6.08 Å². The van der Waals surface area contributed by atoms with Crippen LogP contribution in [0.5, 0.6) is 0 Å². The summed E-state index contributed by atoms with van der Waals surface area (Å²) in [5.74, 6) is 0. The highest BCUT2D eigenvalue weighted by molar-refractivity contribution is 6.31. The Morgan fingerprint density at radius 2 is 2.28 bits per heavy atom. The van der Waals surface area contributed by atoms with Gasteiger partial charge in [-0.3, -0.25) is 4.68 Å². The van der Waals surface area contributed by atoms with E-state index >= 15 is 0 Å². The van der Waals surface area contributed by atoms with Gasteiger partial charge < -0.3 is 10.2 Å². The average molecular weight is 271 g/mol. The van der Waals surface area contributed by atoms with Crippen molar-refractivity contribution in [2.24, 2.45) is 0 Å². The third-order valence-electron chi connectivity index (χ3n) is 2.61. The molecule has 0 spiro atoms. The number of rotatable bonds is 8. The molecular weight excluding hydrogens is 248 g/mol. The molecule has 1 aromatic rings. The van der Waals surface area contributed by atoms with E-state index in [1.165, 1.54) is 0 Å². The van der Waals surface area contributed by atoms with Gasteiger partial charge in [0.1, 0.15) is 0 Å². The van der Waals surface area contributed by atoms with Crippen molar-refractivity contribution < 1.29 is 0 Å². The van der Waals surface area contributed by atoms with Gasteiger partial charge in [-0.25, -0.2) is 0 Å². The fourth-order valence-corrected chi connectivity index (χ4v) is 1.77. The Kier molecular flexibility index (Phi) is 7.01. The molecule has 102 valence electrons. The van der Waals surface area contributed by atoms with Crippen LogP contribution >= 0.6 is 11.6 Å². The van der Waals surface area contributed by atoms with Crippen LogP contribution < -0.4 is 5.32 Å². The van der Waals surface area contributed by atoms with Crippen LogP contribution in [0.2, 0.25) is 5.02 Å². The van der Waals surface area contributed by atoms with Crippen LogP contribution in [-0.2, 0) is 6.54 Å². The molecule has 0 saturated heterocycles. The Labute approximate surface area is 115 Å². The first-order chi connectivity index (χ1) is 8.65. The van der Waals surface area contributed by atoms with Crippen molar-refractivity contribution in [3.05, 3.63) is 23.0 Å². The normalized spacial score (nSPS) is 11.8. The quantitative estimate of drug-likeness (QED) is 0.735. The van der Waals surface area contributed by atoms with E-state index in [1.54, 1.807) is 6.20 Å². The molecular formula is C13H23ClN4. The van der Waals surface area contributed by atoms with Gasteiger partial charge in [-0.1, -0.05) is 24.6 Å². The molecule has 5 heteroatoms. The summed E-state index contributed by atoms with van der Waals surface area (Å²) in [6, 6.07) is 0. The number of nitrogens with one attached hydrogen (secondary N) is 1. The molecule has 0 fully saturated rings. The van der Waals surface area contributed by atoms with Crippen LogP contribution in [0, 0.1) is 0 Å². The highest BCUT2D eigenvalue weighted by Gasteiger charge is 2.05. The fraction of sp³-hybridized carbons (Fsp3) is 0.615. The molecule has 0 saturated carbocycles. The highest BCUT2D eigenvalue weighted by atomic mass is 35.5. The lowest BCUT2D eigenvalue weighted by molar-refractivity contribution is 0.372. The maximum Gasteiger partial charge on any atom is 0.0859 e. The van der Waals surface area contributed by atoms with Crippen molar-refractivity contribution in [2.75, 3.05) is 33.7 Å². The van der Waals surface area contributed by atoms with Crippen LogP contribution in [0.3, 0.4) is 0 Å². The molecule has 0 aliphatic heterocycles. The zero-order valence-electron chi connectivity index (χ0n) is 11.5. The number of likely N-dealkylation sites (N-methyl/N-ethyl adjacent to an activating group) is 1. The lowest BCUT2D eigenvalue weighted by Crippen LogP contribution is -2.19. The van der Waals surface area contributed by atoms with Crippen molar-refractivity contribution in [3.63, 3.8) is 0 Å². The molecule has 0 aliphatic rings. The first-order valence-corrected chi connectivity index (χ1v) is 6.76. The number of hydrogen-bond acceptors (Lipinski definition) is 3. The Hall–Kier alpha value is -0.840. The van der Waals surface area contributed by atoms with Gasteiger partial charge in [-0.15, -0.1) is 0 Å². The van der Waals surface area contributed by atoms with Crippen molar-refractivity contribution in [2.45, 2.75) is 19.9 Å². The second-order valence-electron chi connectivity index (χ2n) is 4.45. The van der Waals surface area contributed by atoms with E-state index in [-0.39, 0.29) is 0 Å². The predicted molar refractivity (Wildman–Crippen MR) is 78.0 cm³/mol. The van der Waals surface area contributed by atoms with E-state index in [2.05, 4.69) is 48.5 Å². The minimum atomic E-state index is 0.716. The largest absolute Gasteiger partial charge is 0.317 e. The molecule has 1 rings (SSSR count). The maximum atomic E-state index is 6.14. The second-order valence-corrected chi connectivity index (χ2v) is 4.86. The van der Waals surface area contributed by atoms with Gasteiger partial charge in [0.05, 0.1) is 23.5 Å². The number of nitrogens with zero attached hydrogens (tertiary/aromatic N) is 3. The topological polar surface area (TPSA) is 33.1 Å². The van der Waals surface area contributed by atoms with E-state index < -0.39 is 0 Å². The summed E-state index contributed by atoms with van der Waals surface area (Å²) >= 11 is 6.14. The summed E-state index contributed by atoms with van der Waals surface area (Å²) in [6.45, 7) is 5.92. The molecule has 4 nitrogen and oxygen atoms in total. The third-order valence-corrected chi connectivity index (χ3v) is 2.90. The summed E-state index contributed by atoms with van der Waals surface area (Å²) < 4.78 is 1.95. The summed E-state index contributed by atoms with van der Waals surface area (Å²) in [4.78, 5) is 2.13. The van der Waals surface area contributed by atoms with E-state index in [0.29, 0.717) is 5.02 Å². The van der Waals surface area contributed by atoms with Gasteiger partial charge in [-0.05, 0) is 39.7 Å². The number of hydrogen-bond donors (Lipinski definition) is 1. The molecule has 18 heavy (non-hydrogen) atoms. The van der Waals surface area contributed by atoms with Crippen LogP contribution in [-0.4, -0.2) is 48.4 Å². The standard InChI is InChI=1S/C13H23ClN4/c1-4-15-8-6-5-7-13-12(14)11-16-18(13)10-9-17(2)3/h5,7,11,15H,4,6,8-10H2,1-3H3/b7-5+. The molecule has 0 unspecified atom stereocenters. The monoisotopic (exact) mass is 270 g/mol. The maximum absolute atomic E-state index is 6.14. The van der Waals surface area contributed by atoms with Gasteiger partial charge in [0.15, 0.2) is 0 Å².